The van der Waals surface area contributed by atoms with Crippen molar-refractivity contribution in [3.63, 3.8) is 0 Å². The van der Waals surface area contributed by atoms with Crippen molar-refractivity contribution >= 4 is 22.7 Å². The van der Waals surface area contributed by atoms with Crippen molar-refractivity contribution in [1.29, 1.82) is 0 Å². The summed E-state index contributed by atoms with van der Waals surface area (Å²) in [4.78, 5) is 7.78. The van der Waals surface area contributed by atoms with Crippen LogP contribution in [0, 0.1) is 0 Å². The Morgan fingerprint density at radius 1 is 0.852 bits per heavy atom. The quantitative estimate of drug-likeness (QED) is 0.448. The molecule has 136 valence electrons. The van der Waals surface area contributed by atoms with Gasteiger partial charge in [0, 0.05) is 30.2 Å². The number of benzene rings is 2. The van der Waals surface area contributed by atoms with Gasteiger partial charge < -0.3 is 15.6 Å². The van der Waals surface area contributed by atoms with E-state index in [2.05, 4.69) is 79.5 Å². The first-order chi connectivity index (χ1) is 13.4. The Bertz CT molecular complexity index is 996. The van der Waals surface area contributed by atoms with Crippen molar-refractivity contribution in [1.82, 2.24) is 20.2 Å². The molecule has 0 aliphatic rings. The van der Waals surface area contributed by atoms with Crippen LogP contribution in [0.4, 0.5) is 11.8 Å². The minimum Gasteiger partial charge on any atom is -0.368 e. The summed E-state index contributed by atoms with van der Waals surface area (Å²) in [5, 5.41) is 15.9. The lowest BCUT2D eigenvalue weighted by molar-refractivity contribution is 0.917. The molecule has 0 amide bonds. The number of fused-ring (bicyclic) bond motifs is 1. The van der Waals surface area contributed by atoms with Gasteiger partial charge in [0.1, 0.15) is 0 Å². The standard InChI is InChI=1S/C21H22N6/c1-2-6-16(7-3-1)10-12-22-20-15-25-27-21(26-20)23-13-11-17-14-24-19-9-5-4-8-18(17)19/h1-9,14-15,24H,10-13H2,(H2,22,23,26,27). The van der Waals surface area contributed by atoms with Crippen molar-refractivity contribution in [2.45, 2.75) is 12.8 Å². The normalized spacial score (nSPS) is 10.8. The summed E-state index contributed by atoms with van der Waals surface area (Å²) in [7, 11) is 0. The molecule has 0 spiro atoms. The number of para-hydroxylation sites is 1. The zero-order valence-corrected chi connectivity index (χ0v) is 15.0. The first-order valence-corrected chi connectivity index (χ1v) is 9.15. The molecule has 0 bridgehead atoms. The van der Waals surface area contributed by atoms with Crippen LogP contribution in [0.2, 0.25) is 0 Å². The van der Waals surface area contributed by atoms with E-state index in [0.717, 1.165) is 37.3 Å². The molecule has 3 N–H and O–H groups in total. The van der Waals surface area contributed by atoms with Crippen molar-refractivity contribution in [3.05, 3.63) is 78.1 Å². The lowest BCUT2D eigenvalue weighted by Gasteiger charge is -2.07. The summed E-state index contributed by atoms with van der Waals surface area (Å²) in [6.45, 7) is 1.55. The average molecular weight is 358 g/mol. The molecule has 0 radical (unpaired) electrons. The van der Waals surface area contributed by atoms with E-state index in [1.54, 1.807) is 6.20 Å². The first-order valence-electron chi connectivity index (χ1n) is 9.15. The number of hydrogen-bond donors (Lipinski definition) is 3. The zero-order chi connectivity index (χ0) is 18.3. The molecule has 0 saturated heterocycles. The van der Waals surface area contributed by atoms with E-state index in [4.69, 9.17) is 0 Å². The van der Waals surface area contributed by atoms with Crippen LogP contribution in [0.3, 0.4) is 0 Å². The predicted molar refractivity (Wildman–Crippen MR) is 109 cm³/mol. The number of anilines is 2. The van der Waals surface area contributed by atoms with Gasteiger partial charge in [0.05, 0.1) is 6.20 Å². The molecule has 0 fully saturated rings. The molecule has 0 aliphatic carbocycles. The van der Waals surface area contributed by atoms with Crippen molar-refractivity contribution in [2.75, 3.05) is 23.7 Å². The molecule has 6 nitrogen and oxygen atoms in total. The van der Waals surface area contributed by atoms with E-state index in [0.29, 0.717) is 5.95 Å². The van der Waals surface area contributed by atoms with Gasteiger partial charge in [0.2, 0.25) is 5.95 Å². The first kappa shape index (κ1) is 17.0. The number of aromatic amines is 1. The van der Waals surface area contributed by atoms with E-state index >= 15 is 0 Å². The summed E-state index contributed by atoms with van der Waals surface area (Å²) >= 11 is 0. The van der Waals surface area contributed by atoms with Gasteiger partial charge in [-0.15, -0.1) is 5.10 Å². The molecule has 2 heterocycles. The topological polar surface area (TPSA) is 78.5 Å². The van der Waals surface area contributed by atoms with E-state index in [-0.39, 0.29) is 0 Å². The third-order valence-corrected chi connectivity index (χ3v) is 4.47. The third kappa shape index (κ3) is 4.41. The second kappa shape index (κ2) is 8.31. The Morgan fingerprint density at radius 3 is 2.59 bits per heavy atom. The van der Waals surface area contributed by atoms with E-state index in [9.17, 15) is 0 Å². The van der Waals surface area contributed by atoms with Gasteiger partial charge >= 0.3 is 0 Å². The Morgan fingerprint density at radius 2 is 1.67 bits per heavy atom. The van der Waals surface area contributed by atoms with Crippen LogP contribution in [-0.4, -0.2) is 33.3 Å². The van der Waals surface area contributed by atoms with E-state index in [1.165, 1.54) is 16.5 Å². The zero-order valence-electron chi connectivity index (χ0n) is 15.0. The van der Waals surface area contributed by atoms with Crippen molar-refractivity contribution in [3.8, 4) is 0 Å². The van der Waals surface area contributed by atoms with Crippen LogP contribution >= 0.6 is 0 Å². The molecule has 0 unspecified atom stereocenters. The number of rotatable bonds is 8. The van der Waals surface area contributed by atoms with Gasteiger partial charge in [0.25, 0.3) is 0 Å². The lowest BCUT2D eigenvalue weighted by Crippen LogP contribution is -2.11. The molecular weight excluding hydrogens is 336 g/mol. The molecule has 4 rings (SSSR count). The summed E-state index contributed by atoms with van der Waals surface area (Å²) < 4.78 is 0. The van der Waals surface area contributed by atoms with Gasteiger partial charge in [-0.25, -0.2) is 0 Å². The van der Waals surface area contributed by atoms with Crippen LogP contribution in [0.1, 0.15) is 11.1 Å². The fraction of sp³-hybridized carbons (Fsp3) is 0.190. The number of nitrogens with zero attached hydrogens (tertiary/aromatic N) is 3. The Balaban J connectivity index is 1.29. The Labute approximate surface area is 158 Å². The number of hydrogen-bond acceptors (Lipinski definition) is 5. The molecule has 0 atom stereocenters. The molecule has 0 aliphatic heterocycles. The SMILES string of the molecule is c1ccc(CCNc2cnnc(NCCc3c[nH]c4ccccc34)n2)cc1. The van der Waals surface area contributed by atoms with Gasteiger partial charge in [0.15, 0.2) is 5.82 Å². The van der Waals surface area contributed by atoms with Crippen molar-refractivity contribution < 1.29 is 0 Å². The van der Waals surface area contributed by atoms with E-state index in [1.807, 2.05) is 12.1 Å². The van der Waals surface area contributed by atoms with Gasteiger partial charge in [-0.3, -0.25) is 0 Å². The van der Waals surface area contributed by atoms with Crippen LogP contribution in [0.25, 0.3) is 10.9 Å². The average Bonchev–Trinajstić information content (AvgIpc) is 3.13. The molecule has 6 heteroatoms. The Kier molecular flexibility index (Phi) is 5.24. The van der Waals surface area contributed by atoms with Gasteiger partial charge in [-0.1, -0.05) is 48.5 Å². The monoisotopic (exact) mass is 358 g/mol. The maximum Gasteiger partial charge on any atom is 0.244 e. The maximum absolute atomic E-state index is 4.48. The molecule has 0 saturated carbocycles. The molecular formula is C21H22N6. The summed E-state index contributed by atoms with van der Waals surface area (Å²) in [6.07, 6.45) is 5.54. The third-order valence-electron chi connectivity index (χ3n) is 4.47. The highest BCUT2D eigenvalue weighted by molar-refractivity contribution is 5.83. The molecule has 2 aromatic heterocycles. The predicted octanol–water partition coefficient (Wildman–Crippen LogP) is 3.66. The summed E-state index contributed by atoms with van der Waals surface area (Å²) in [6, 6.07) is 18.7. The van der Waals surface area contributed by atoms with E-state index < -0.39 is 0 Å². The minimum atomic E-state index is 0.541. The van der Waals surface area contributed by atoms with Crippen LogP contribution in [0.15, 0.2) is 67.0 Å². The highest BCUT2D eigenvalue weighted by atomic mass is 15.3. The maximum atomic E-state index is 4.48. The fourth-order valence-corrected chi connectivity index (χ4v) is 3.09. The lowest BCUT2D eigenvalue weighted by atomic mass is 10.1. The van der Waals surface area contributed by atoms with Gasteiger partial charge in [-0.2, -0.15) is 10.1 Å². The molecule has 27 heavy (non-hydrogen) atoms. The number of nitrogens with one attached hydrogen (secondary N) is 3. The van der Waals surface area contributed by atoms with Crippen LogP contribution in [-0.2, 0) is 12.8 Å². The minimum absolute atomic E-state index is 0.541. The Hall–Kier alpha value is -3.41. The number of aromatic nitrogens is 4. The highest BCUT2D eigenvalue weighted by Crippen LogP contribution is 2.18. The smallest absolute Gasteiger partial charge is 0.244 e. The molecule has 2 aromatic carbocycles. The largest absolute Gasteiger partial charge is 0.368 e. The molecule has 4 aromatic rings. The van der Waals surface area contributed by atoms with Gasteiger partial charge in [-0.05, 0) is 30.0 Å². The van der Waals surface area contributed by atoms with Crippen LogP contribution < -0.4 is 10.6 Å². The highest BCUT2D eigenvalue weighted by Gasteiger charge is 2.04. The van der Waals surface area contributed by atoms with Crippen LogP contribution in [0.5, 0.6) is 0 Å². The number of H-pyrrole nitrogens is 1. The fourth-order valence-electron chi connectivity index (χ4n) is 3.09. The second-order valence-corrected chi connectivity index (χ2v) is 6.36. The summed E-state index contributed by atoms with van der Waals surface area (Å²) in [5.74, 6) is 1.27. The summed E-state index contributed by atoms with van der Waals surface area (Å²) in [5.41, 5.74) is 3.74. The second-order valence-electron chi connectivity index (χ2n) is 6.36. The van der Waals surface area contributed by atoms with Crippen molar-refractivity contribution in [2.24, 2.45) is 0 Å².